The van der Waals surface area contributed by atoms with Gasteiger partial charge in [0.1, 0.15) is 5.82 Å². The standard InChI is InChI=1S/C11H10FN5OS/c12-7-3-1-6(2-4-7)5-13-11-14-9-8(10(18)15-11)16-19-17-9/h1-4,16H,5H2,(H3,13,14,15,17,18). The van der Waals surface area contributed by atoms with Gasteiger partial charge in [-0.25, -0.2) is 4.39 Å². The minimum Gasteiger partial charge on any atom is -0.352 e. The maximum atomic E-state index is 12.8. The number of nitrogens with one attached hydrogen (secondary N) is 4. The molecule has 1 aliphatic rings. The third-order valence-corrected chi connectivity index (χ3v) is 3.20. The Hall–Kier alpha value is -2.22. The van der Waals surface area contributed by atoms with Crippen molar-refractivity contribution < 1.29 is 4.39 Å². The minimum absolute atomic E-state index is 0.246. The number of anilines is 3. The fraction of sp³-hybridized carbons (Fsp3) is 0.0909. The van der Waals surface area contributed by atoms with Gasteiger partial charge in [-0.2, -0.15) is 4.98 Å². The number of halogens is 1. The van der Waals surface area contributed by atoms with E-state index in [4.69, 9.17) is 0 Å². The Bertz CT molecular complexity index is 657. The van der Waals surface area contributed by atoms with Gasteiger partial charge in [0.15, 0.2) is 11.5 Å². The summed E-state index contributed by atoms with van der Waals surface area (Å²) in [6.07, 6.45) is 0. The van der Waals surface area contributed by atoms with Gasteiger partial charge in [0.2, 0.25) is 5.95 Å². The summed E-state index contributed by atoms with van der Waals surface area (Å²) >= 11 is 1.19. The van der Waals surface area contributed by atoms with Crippen LogP contribution in [0.3, 0.4) is 0 Å². The minimum atomic E-state index is -0.278. The lowest BCUT2D eigenvalue weighted by molar-refractivity contribution is 0.627. The number of benzene rings is 1. The molecule has 0 amide bonds. The average molecular weight is 279 g/mol. The Kier molecular flexibility index (Phi) is 3.00. The van der Waals surface area contributed by atoms with Crippen molar-refractivity contribution in [2.45, 2.75) is 6.54 Å². The average Bonchev–Trinajstić information content (AvgIpc) is 2.87. The van der Waals surface area contributed by atoms with Gasteiger partial charge >= 0.3 is 0 Å². The van der Waals surface area contributed by atoms with Crippen LogP contribution in [0.25, 0.3) is 0 Å². The zero-order valence-electron chi connectivity index (χ0n) is 9.66. The summed E-state index contributed by atoms with van der Waals surface area (Å²) in [7, 11) is 0. The molecule has 3 rings (SSSR count). The third-order valence-electron chi connectivity index (χ3n) is 2.59. The first-order valence-electron chi connectivity index (χ1n) is 5.53. The van der Waals surface area contributed by atoms with Crippen molar-refractivity contribution in [1.82, 2.24) is 9.97 Å². The van der Waals surface area contributed by atoms with E-state index in [0.29, 0.717) is 24.0 Å². The van der Waals surface area contributed by atoms with E-state index in [-0.39, 0.29) is 11.4 Å². The first-order valence-corrected chi connectivity index (χ1v) is 6.34. The summed E-state index contributed by atoms with van der Waals surface area (Å²) in [5, 5.41) is 2.98. The van der Waals surface area contributed by atoms with Gasteiger partial charge in [-0.1, -0.05) is 12.1 Å². The molecule has 0 radical (unpaired) electrons. The molecule has 1 aromatic carbocycles. The normalized spacial score (nSPS) is 12.5. The molecule has 0 saturated carbocycles. The van der Waals surface area contributed by atoms with Crippen LogP contribution in [0.5, 0.6) is 0 Å². The molecule has 0 spiro atoms. The van der Waals surface area contributed by atoms with Crippen molar-refractivity contribution in [3.8, 4) is 0 Å². The van der Waals surface area contributed by atoms with E-state index in [2.05, 4.69) is 24.7 Å². The summed E-state index contributed by atoms with van der Waals surface area (Å²) in [5.41, 5.74) is 1.06. The number of hydrogen-bond acceptors (Lipinski definition) is 6. The fourth-order valence-corrected chi connectivity index (χ4v) is 2.23. The molecule has 6 nitrogen and oxygen atoms in total. The fourth-order valence-electron chi connectivity index (χ4n) is 1.64. The molecule has 0 aliphatic carbocycles. The summed E-state index contributed by atoms with van der Waals surface area (Å²) in [6.45, 7) is 0.447. The molecule has 98 valence electrons. The van der Waals surface area contributed by atoms with Crippen LogP contribution in [0.15, 0.2) is 29.1 Å². The largest absolute Gasteiger partial charge is 0.352 e. The Balaban J connectivity index is 1.75. The Morgan fingerprint density at radius 3 is 2.84 bits per heavy atom. The van der Waals surface area contributed by atoms with Crippen molar-refractivity contribution in [3.63, 3.8) is 0 Å². The Morgan fingerprint density at radius 2 is 2.05 bits per heavy atom. The van der Waals surface area contributed by atoms with E-state index < -0.39 is 0 Å². The van der Waals surface area contributed by atoms with E-state index in [9.17, 15) is 9.18 Å². The van der Waals surface area contributed by atoms with Crippen LogP contribution < -0.4 is 20.3 Å². The second-order valence-corrected chi connectivity index (χ2v) is 4.54. The lowest BCUT2D eigenvalue weighted by Crippen LogP contribution is -2.14. The molecule has 1 aromatic heterocycles. The number of aromatic amines is 1. The van der Waals surface area contributed by atoms with Crippen LogP contribution >= 0.6 is 12.1 Å². The second kappa shape index (κ2) is 4.81. The van der Waals surface area contributed by atoms with E-state index in [1.165, 1.54) is 24.3 Å². The van der Waals surface area contributed by atoms with Crippen LogP contribution in [0.2, 0.25) is 0 Å². The highest BCUT2D eigenvalue weighted by Crippen LogP contribution is 2.27. The quantitative estimate of drug-likeness (QED) is 0.643. The SMILES string of the molecule is O=c1[nH]c(NCc2ccc(F)cc2)nc2c1NSN2. The lowest BCUT2D eigenvalue weighted by atomic mass is 10.2. The zero-order chi connectivity index (χ0) is 13.2. The molecule has 0 atom stereocenters. The highest BCUT2D eigenvalue weighted by molar-refractivity contribution is 8.02. The summed E-state index contributed by atoms with van der Waals surface area (Å²) in [6, 6.07) is 6.11. The number of rotatable bonds is 3. The maximum absolute atomic E-state index is 12.8. The molecule has 0 unspecified atom stereocenters. The molecular weight excluding hydrogens is 269 g/mol. The van der Waals surface area contributed by atoms with Gasteiger partial charge in [0, 0.05) is 6.54 Å². The summed E-state index contributed by atoms with van der Waals surface area (Å²) in [4.78, 5) is 18.5. The highest BCUT2D eigenvalue weighted by Gasteiger charge is 2.16. The summed E-state index contributed by atoms with van der Waals surface area (Å²) in [5.74, 6) is 0.584. The van der Waals surface area contributed by atoms with Crippen molar-refractivity contribution in [2.24, 2.45) is 0 Å². The predicted octanol–water partition coefficient (Wildman–Crippen LogP) is 1.92. The Labute approximate surface area is 112 Å². The number of hydrogen-bond donors (Lipinski definition) is 4. The van der Waals surface area contributed by atoms with Crippen LogP contribution in [0.4, 0.5) is 21.8 Å². The molecule has 0 fully saturated rings. The molecule has 0 bridgehead atoms. The van der Waals surface area contributed by atoms with E-state index in [0.717, 1.165) is 5.56 Å². The molecule has 8 heteroatoms. The monoisotopic (exact) mass is 279 g/mol. The van der Waals surface area contributed by atoms with Crippen molar-refractivity contribution in [3.05, 3.63) is 46.0 Å². The van der Waals surface area contributed by atoms with Crippen molar-refractivity contribution >= 4 is 29.6 Å². The maximum Gasteiger partial charge on any atom is 0.278 e. The first-order chi connectivity index (χ1) is 9.22. The number of nitrogens with zero attached hydrogens (tertiary/aromatic N) is 1. The van der Waals surface area contributed by atoms with Gasteiger partial charge in [-0.3, -0.25) is 14.5 Å². The smallest absolute Gasteiger partial charge is 0.278 e. The van der Waals surface area contributed by atoms with Crippen LogP contribution in [0, 0.1) is 5.82 Å². The molecule has 2 aromatic rings. The van der Waals surface area contributed by atoms with Crippen molar-refractivity contribution in [2.75, 3.05) is 14.8 Å². The number of fused-ring (bicyclic) bond motifs is 1. The van der Waals surface area contributed by atoms with Crippen LogP contribution in [0.1, 0.15) is 5.56 Å². The van der Waals surface area contributed by atoms with Gasteiger partial charge in [-0.15, -0.1) is 0 Å². The number of aromatic nitrogens is 2. The molecule has 2 heterocycles. The van der Waals surface area contributed by atoms with E-state index >= 15 is 0 Å². The first kappa shape index (κ1) is 11.8. The van der Waals surface area contributed by atoms with Gasteiger partial charge < -0.3 is 10.0 Å². The molecule has 19 heavy (non-hydrogen) atoms. The topological polar surface area (TPSA) is 81.8 Å². The highest BCUT2D eigenvalue weighted by atomic mass is 32.2. The van der Waals surface area contributed by atoms with Crippen LogP contribution in [-0.4, -0.2) is 9.97 Å². The molecule has 0 saturated heterocycles. The van der Waals surface area contributed by atoms with Crippen LogP contribution in [-0.2, 0) is 6.54 Å². The predicted molar refractivity (Wildman–Crippen MR) is 73.4 cm³/mol. The van der Waals surface area contributed by atoms with E-state index in [1.54, 1.807) is 12.1 Å². The summed E-state index contributed by atoms with van der Waals surface area (Å²) < 4.78 is 18.4. The van der Waals surface area contributed by atoms with Gasteiger partial charge in [0.05, 0.1) is 12.1 Å². The van der Waals surface area contributed by atoms with Crippen molar-refractivity contribution in [1.29, 1.82) is 0 Å². The van der Waals surface area contributed by atoms with E-state index in [1.807, 2.05) is 0 Å². The molecular formula is C11H10FN5OS. The Morgan fingerprint density at radius 1 is 1.26 bits per heavy atom. The molecule has 4 N–H and O–H groups in total. The van der Waals surface area contributed by atoms with Gasteiger partial charge in [0.25, 0.3) is 5.56 Å². The lowest BCUT2D eigenvalue weighted by Gasteiger charge is -2.06. The second-order valence-electron chi connectivity index (χ2n) is 3.92. The third kappa shape index (κ3) is 2.48. The molecule has 1 aliphatic heterocycles. The number of H-pyrrole nitrogens is 1. The van der Waals surface area contributed by atoms with Gasteiger partial charge in [-0.05, 0) is 17.7 Å². The zero-order valence-corrected chi connectivity index (χ0v) is 10.5.